The quantitative estimate of drug-likeness (QED) is 0.794. The summed E-state index contributed by atoms with van der Waals surface area (Å²) >= 11 is 0.673. The minimum atomic E-state index is -3.42. The third-order valence-electron chi connectivity index (χ3n) is 2.54. The number of hydrogen-bond donors (Lipinski definition) is 2. The Hall–Kier alpha value is -1.70. The van der Waals surface area contributed by atoms with Gasteiger partial charge in [-0.05, 0) is 41.9 Å². The summed E-state index contributed by atoms with van der Waals surface area (Å²) in [5, 5.41) is 0. The van der Waals surface area contributed by atoms with Gasteiger partial charge in [-0.3, -0.25) is 4.72 Å². The minimum Gasteiger partial charge on any atom is -0.455 e. The van der Waals surface area contributed by atoms with Crippen molar-refractivity contribution < 1.29 is 17.7 Å². The van der Waals surface area contributed by atoms with Crippen LogP contribution in [-0.2, 0) is 15.8 Å². The first-order valence-electron chi connectivity index (χ1n) is 6.08. The van der Waals surface area contributed by atoms with Crippen molar-refractivity contribution >= 4 is 27.8 Å². The summed E-state index contributed by atoms with van der Waals surface area (Å²) in [5.41, 5.74) is 1.13. The van der Waals surface area contributed by atoms with Crippen LogP contribution in [0.15, 0.2) is 48.5 Å². The van der Waals surface area contributed by atoms with Crippen LogP contribution in [0.1, 0.15) is 5.56 Å². The van der Waals surface area contributed by atoms with Crippen molar-refractivity contribution in [2.24, 2.45) is 0 Å². The first kappa shape index (κ1) is 15.7. The van der Waals surface area contributed by atoms with Gasteiger partial charge in [-0.2, -0.15) is 0 Å². The van der Waals surface area contributed by atoms with Gasteiger partial charge in [0.15, 0.2) is 5.75 Å². The normalized spacial score (nSPS) is 11.1. The molecular formula is C14H15NO4S2. The molecule has 0 atom stereocenters. The number of hydrogen-bond acceptors (Lipinski definition) is 5. The first-order chi connectivity index (χ1) is 9.98. The number of para-hydroxylation sites is 1. The molecule has 0 bridgehead atoms. The van der Waals surface area contributed by atoms with Crippen molar-refractivity contribution in [3.63, 3.8) is 0 Å². The molecule has 2 N–H and O–H groups in total. The van der Waals surface area contributed by atoms with Gasteiger partial charge in [-0.25, -0.2) is 8.42 Å². The van der Waals surface area contributed by atoms with Crippen molar-refractivity contribution in [3.05, 3.63) is 54.1 Å². The second-order valence-corrected chi connectivity index (χ2v) is 6.69. The Bertz CT molecular complexity index is 702. The highest BCUT2D eigenvalue weighted by Crippen LogP contribution is 2.31. The summed E-state index contributed by atoms with van der Waals surface area (Å²) < 4.78 is 39.9. The number of benzene rings is 2. The molecule has 0 fully saturated rings. The maximum absolute atomic E-state index is 11.5. The monoisotopic (exact) mass is 325 g/mol. The summed E-state index contributed by atoms with van der Waals surface area (Å²) in [6.07, 6.45) is 1.08. The van der Waals surface area contributed by atoms with Crippen molar-refractivity contribution in [3.8, 4) is 11.5 Å². The Labute approximate surface area is 128 Å². The van der Waals surface area contributed by atoms with Crippen molar-refractivity contribution in [1.29, 1.82) is 0 Å². The van der Waals surface area contributed by atoms with Crippen LogP contribution in [0, 0.1) is 0 Å². The van der Waals surface area contributed by atoms with Gasteiger partial charge in [0.2, 0.25) is 10.0 Å². The second-order valence-electron chi connectivity index (χ2n) is 4.39. The van der Waals surface area contributed by atoms with Gasteiger partial charge in [0.1, 0.15) is 5.75 Å². The molecular weight excluding hydrogens is 310 g/mol. The molecule has 2 rings (SSSR count). The van der Waals surface area contributed by atoms with E-state index in [0.717, 1.165) is 11.8 Å². The summed E-state index contributed by atoms with van der Waals surface area (Å²) in [4.78, 5) is 0. The Kier molecular flexibility index (Phi) is 5.11. The summed E-state index contributed by atoms with van der Waals surface area (Å²) in [6, 6.07) is 14.2. The molecule has 0 heterocycles. The molecule has 0 saturated heterocycles. The van der Waals surface area contributed by atoms with E-state index in [1.165, 1.54) is 0 Å². The number of anilines is 1. The average Bonchev–Trinajstić information content (AvgIpc) is 2.41. The SMILES string of the molecule is CS(=O)(=O)Nc1cc(CSO)ccc1Oc1ccccc1. The molecule has 7 heteroatoms. The van der Waals surface area contributed by atoms with Crippen LogP contribution >= 0.6 is 12.0 Å². The minimum absolute atomic E-state index is 0.341. The fourth-order valence-electron chi connectivity index (χ4n) is 1.73. The molecule has 2 aromatic carbocycles. The lowest BCUT2D eigenvalue weighted by atomic mass is 10.2. The van der Waals surface area contributed by atoms with Gasteiger partial charge in [-0.1, -0.05) is 24.3 Å². The predicted molar refractivity (Wildman–Crippen MR) is 85.3 cm³/mol. The van der Waals surface area contributed by atoms with Crippen molar-refractivity contribution in [1.82, 2.24) is 0 Å². The molecule has 0 aliphatic heterocycles. The molecule has 5 nitrogen and oxygen atoms in total. The van der Waals surface area contributed by atoms with E-state index in [1.54, 1.807) is 30.3 Å². The third kappa shape index (κ3) is 4.96. The molecule has 0 aliphatic carbocycles. The lowest BCUT2D eigenvalue weighted by molar-refractivity contribution is 0.484. The number of ether oxygens (including phenoxy) is 1. The molecule has 0 saturated carbocycles. The van der Waals surface area contributed by atoms with E-state index in [-0.39, 0.29) is 0 Å². The highest BCUT2D eigenvalue weighted by atomic mass is 32.2. The van der Waals surface area contributed by atoms with Crippen LogP contribution in [0.3, 0.4) is 0 Å². The van der Waals surface area contributed by atoms with Crippen molar-refractivity contribution in [2.45, 2.75) is 5.75 Å². The van der Waals surface area contributed by atoms with E-state index in [1.807, 2.05) is 18.2 Å². The Morgan fingerprint density at radius 2 is 1.90 bits per heavy atom. The lowest BCUT2D eigenvalue weighted by Crippen LogP contribution is -2.10. The molecule has 0 aromatic heterocycles. The highest BCUT2D eigenvalue weighted by Gasteiger charge is 2.11. The first-order valence-corrected chi connectivity index (χ1v) is 8.91. The maximum Gasteiger partial charge on any atom is 0.229 e. The van der Waals surface area contributed by atoms with Gasteiger partial charge in [0.25, 0.3) is 0 Å². The van der Waals surface area contributed by atoms with Crippen LogP contribution < -0.4 is 9.46 Å². The van der Waals surface area contributed by atoms with Gasteiger partial charge in [0.05, 0.1) is 11.9 Å². The van der Waals surface area contributed by atoms with Gasteiger partial charge < -0.3 is 9.29 Å². The molecule has 0 amide bonds. The lowest BCUT2D eigenvalue weighted by Gasteiger charge is -2.13. The van der Waals surface area contributed by atoms with Crippen LogP contribution in [0.5, 0.6) is 11.5 Å². The van der Waals surface area contributed by atoms with Gasteiger partial charge in [-0.15, -0.1) is 0 Å². The number of sulfonamides is 1. The zero-order valence-corrected chi connectivity index (χ0v) is 12.9. The van der Waals surface area contributed by atoms with Crippen LogP contribution in [-0.4, -0.2) is 19.2 Å². The van der Waals surface area contributed by atoms with Gasteiger partial charge in [0, 0.05) is 5.75 Å². The largest absolute Gasteiger partial charge is 0.455 e. The zero-order valence-electron chi connectivity index (χ0n) is 11.3. The van der Waals surface area contributed by atoms with Crippen LogP contribution in [0.25, 0.3) is 0 Å². The fourth-order valence-corrected chi connectivity index (χ4v) is 2.61. The van der Waals surface area contributed by atoms with E-state index < -0.39 is 10.0 Å². The van der Waals surface area contributed by atoms with E-state index in [4.69, 9.17) is 9.29 Å². The standard InChI is InChI=1S/C14H15NO4S2/c1-21(17,18)15-13-9-11(10-20-16)7-8-14(13)19-12-5-3-2-4-6-12/h2-9,15-16H,10H2,1H3. The average molecular weight is 325 g/mol. The van der Waals surface area contributed by atoms with E-state index in [2.05, 4.69) is 4.72 Å². The van der Waals surface area contributed by atoms with E-state index in [0.29, 0.717) is 35.0 Å². The van der Waals surface area contributed by atoms with Crippen LogP contribution in [0.2, 0.25) is 0 Å². The third-order valence-corrected chi connectivity index (χ3v) is 3.59. The predicted octanol–water partition coefficient (Wildman–Crippen LogP) is 3.56. The van der Waals surface area contributed by atoms with E-state index >= 15 is 0 Å². The number of nitrogens with one attached hydrogen (secondary N) is 1. The molecule has 0 unspecified atom stereocenters. The second kappa shape index (κ2) is 6.84. The Morgan fingerprint density at radius 1 is 1.19 bits per heavy atom. The smallest absolute Gasteiger partial charge is 0.229 e. The fraction of sp³-hybridized carbons (Fsp3) is 0.143. The summed E-state index contributed by atoms with van der Waals surface area (Å²) in [6.45, 7) is 0. The zero-order chi connectivity index (χ0) is 15.3. The van der Waals surface area contributed by atoms with E-state index in [9.17, 15) is 8.42 Å². The topological polar surface area (TPSA) is 75.6 Å². The molecule has 0 spiro atoms. The van der Waals surface area contributed by atoms with Crippen LogP contribution in [0.4, 0.5) is 5.69 Å². The summed E-state index contributed by atoms with van der Waals surface area (Å²) in [7, 11) is -3.42. The summed E-state index contributed by atoms with van der Waals surface area (Å²) in [5.74, 6) is 1.38. The molecule has 2 aromatic rings. The molecule has 0 aliphatic rings. The Morgan fingerprint density at radius 3 is 2.52 bits per heavy atom. The van der Waals surface area contributed by atoms with Crippen molar-refractivity contribution in [2.75, 3.05) is 11.0 Å². The highest BCUT2D eigenvalue weighted by molar-refractivity contribution is 7.93. The molecule has 112 valence electrons. The van der Waals surface area contributed by atoms with Gasteiger partial charge >= 0.3 is 0 Å². The molecule has 21 heavy (non-hydrogen) atoms. The number of rotatable bonds is 6. The molecule has 0 radical (unpaired) electrons. The Balaban J connectivity index is 2.34. The maximum atomic E-state index is 11.5.